The molecule has 19 heavy (non-hydrogen) atoms. The lowest BCUT2D eigenvalue weighted by molar-refractivity contribution is 0.102. The molecule has 0 aliphatic carbocycles. The number of hydrogen-bond donors (Lipinski definition) is 1. The minimum absolute atomic E-state index is 0.0892. The largest absolute Gasteiger partial charge is 0.321 e. The second-order valence-corrected chi connectivity index (χ2v) is 4.29. The number of carbonyl (C=O) groups excluding carboxylic acids is 1. The van der Waals surface area contributed by atoms with E-state index in [1.807, 2.05) is 0 Å². The van der Waals surface area contributed by atoms with Crippen LogP contribution in [0.15, 0.2) is 47.5 Å². The van der Waals surface area contributed by atoms with Crippen LogP contribution in [0.4, 0.5) is 14.5 Å². The molecule has 2 aromatic rings. The molecule has 0 fully saturated rings. The van der Waals surface area contributed by atoms with Crippen molar-refractivity contribution < 1.29 is 16.3 Å². The molecule has 1 aromatic heterocycles. The van der Waals surface area contributed by atoms with Crippen molar-refractivity contribution in [1.82, 2.24) is 4.98 Å². The molecule has 1 heterocycles. The van der Waals surface area contributed by atoms with Gasteiger partial charge in [-0.15, -0.1) is 0 Å². The Morgan fingerprint density at radius 2 is 2.26 bits per heavy atom. The fourth-order valence-corrected chi connectivity index (χ4v) is 1.83. The smallest absolute Gasteiger partial charge is 0.274 e. The third-order valence-corrected chi connectivity index (χ3v) is 2.85. The van der Waals surface area contributed by atoms with Gasteiger partial charge in [-0.3, -0.25) is 9.78 Å². The molecule has 1 amide bonds. The first kappa shape index (κ1) is 10.9. The molecule has 0 saturated carbocycles. The van der Waals surface area contributed by atoms with E-state index >= 15 is 0 Å². The summed E-state index contributed by atoms with van der Waals surface area (Å²) in [5.74, 6) is -4.37. The van der Waals surface area contributed by atoms with Crippen molar-refractivity contribution in [3.05, 3.63) is 54.1 Å². The lowest BCUT2D eigenvalue weighted by Gasteiger charge is -2.07. The molecule has 6 heteroatoms. The van der Waals surface area contributed by atoms with E-state index in [4.69, 9.17) is 2.74 Å². The van der Waals surface area contributed by atoms with E-state index in [0.29, 0.717) is 0 Å². The van der Waals surface area contributed by atoms with E-state index in [2.05, 4.69) is 10.3 Å². The van der Waals surface area contributed by atoms with Crippen molar-refractivity contribution in [1.29, 1.82) is 0 Å². The summed E-state index contributed by atoms with van der Waals surface area (Å²) in [6.45, 7) is 0. The highest BCUT2D eigenvalue weighted by atomic mass is 32.2. The Morgan fingerprint density at radius 1 is 1.42 bits per heavy atom. The predicted molar refractivity (Wildman–Crippen MR) is 70.4 cm³/mol. The standard InChI is InChI=1S/C13H10F2N2OS/c14-8-19-12-7-9(4-5-10(12)15)17-13(18)11-3-1-2-6-16-11/h1-7H,8H2,(H,17,18)/i8D2. The summed E-state index contributed by atoms with van der Waals surface area (Å²) in [6, 6.07) is 8.31. The lowest BCUT2D eigenvalue weighted by Crippen LogP contribution is -2.13. The molecule has 0 aliphatic heterocycles. The first-order valence-corrected chi connectivity index (χ1v) is 6.07. The molecule has 0 unspecified atom stereocenters. The van der Waals surface area contributed by atoms with Crippen LogP contribution in [0.2, 0.25) is 0 Å². The van der Waals surface area contributed by atoms with E-state index < -0.39 is 17.7 Å². The van der Waals surface area contributed by atoms with E-state index in [0.717, 1.165) is 12.1 Å². The fourth-order valence-electron chi connectivity index (χ4n) is 1.39. The van der Waals surface area contributed by atoms with Crippen LogP contribution in [0.25, 0.3) is 0 Å². The Bertz CT molecular complexity index is 650. The molecule has 0 bridgehead atoms. The number of carbonyl (C=O) groups is 1. The maximum Gasteiger partial charge on any atom is 0.274 e. The number of rotatable bonds is 4. The van der Waals surface area contributed by atoms with Gasteiger partial charge in [-0.2, -0.15) is 0 Å². The molecular formula is C13H10F2N2OS. The normalized spacial score (nSPS) is 12.5. The van der Waals surface area contributed by atoms with Crippen molar-refractivity contribution in [2.24, 2.45) is 0 Å². The number of alkyl halides is 1. The number of amides is 1. The van der Waals surface area contributed by atoms with Gasteiger partial charge in [0.15, 0.2) is 0 Å². The van der Waals surface area contributed by atoms with Gasteiger partial charge < -0.3 is 5.32 Å². The van der Waals surface area contributed by atoms with Crippen molar-refractivity contribution in [3.63, 3.8) is 0 Å². The molecule has 0 radical (unpaired) electrons. The van der Waals surface area contributed by atoms with E-state index in [9.17, 15) is 13.6 Å². The minimum atomic E-state index is -3.11. The predicted octanol–water partition coefficient (Wildman–Crippen LogP) is 3.49. The zero-order chi connectivity index (χ0) is 15.5. The molecule has 0 atom stereocenters. The molecule has 98 valence electrons. The third-order valence-electron chi connectivity index (χ3n) is 2.24. The molecule has 1 aromatic carbocycles. The maximum atomic E-state index is 13.5. The van der Waals surface area contributed by atoms with Crippen LogP contribution < -0.4 is 5.32 Å². The number of nitrogens with zero attached hydrogens (tertiary/aromatic N) is 1. The highest BCUT2D eigenvalue weighted by Gasteiger charge is 2.09. The van der Waals surface area contributed by atoms with Crippen LogP contribution in [-0.2, 0) is 0 Å². The maximum absolute atomic E-state index is 13.5. The summed E-state index contributed by atoms with van der Waals surface area (Å²) in [7, 11) is 0. The third kappa shape index (κ3) is 3.51. The van der Waals surface area contributed by atoms with Gasteiger partial charge in [0.1, 0.15) is 17.5 Å². The van der Waals surface area contributed by atoms with Gasteiger partial charge in [-0.25, -0.2) is 8.78 Å². The topological polar surface area (TPSA) is 42.0 Å². The molecule has 1 N–H and O–H groups in total. The molecule has 0 spiro atoms. The van der Waals surface area contributed by atoms with Crippen LogP contribution in [-0.4, -0.2) is 16.8 Å². The van der Waals surface area contributed by atoms with Crippen LogP contribution in [0, 0.1) is 5.82 Å². The fraction of sp³-hybridized carbons (Fsp3) is 0.0769. The van der Waals surface area contributed by atoms with Crippen LogP contribution >= 0.6 is 11.8 Å². The highest BCUT2D eigenvalue weighted by molar-refractivity contribution is 7.99. The first-order valence-electron chi connectivity index (χ1n) is 6.25. The number of benzene rings is 1. The van der Waals surface area contributed by atoms with E-state index in [1.165, 1.54) is 18.3 Å². The molecule has 2 rings (SSSR count). The molecule has 0 saturated heterocycles. The average Bonchev–Trinajstić information content (AvgIpc) is 2.42. The van der Waals surface area contributed by atoms with Gasteiger partial charge in [0.25, 0.3) is 5.91 Å². The number of hydrogen-bond acceptors (Lipinski definition) is 3. The van der Waals surface area contributed by atoms with Gasteiger partial charge in [-0.05, 0) is 30.3 Å². The summed E-state index contributed by atoms with van der Waals surface area (Å²) < 4.78 is 40.1. The SMILES string of the molecule is [2H]C([2H])(F)Sc1cc(NC(=O)c2ccccn2)ccc1F. The highest BCUT2D eigenvalue weighted by Crippen LogP contribution is 2.25. The monoisotopic (exact) mass is 282 g/mol. The van der Waals surface area contributed by atoms with Gasteiger partial charge in [0, 0.05) is 16.8 Å². The van der Waals surface area contributed by atoms with Crippen LogP contribution in [0.5, 0.6) is 0 Å². The van der Waals surface area contributed by atoms with Crippen LogP contribution in [0.3, 0.4) is 0 Å². The summed E-state index contributed by atoms with van der Waals surface area (Å²) in [5, 5.41) is 2.49. The van der Waals surface area contributed by atoms with Gasteiger partial charge in [-0.1, -0.05) is 17.8 Å². The summed E-state index contributed by atoms with van der Waals surface area (Å²) in [5.41, 5.74) is 0.399. The number of thioether (sulfide) groups is 1. The number of aromatic nitrogens is 1. The Kier molecular flexibility index (Phi) is 3.61. The first-order chi connectivity index (χ1) is 9.85. The summed E-state index contributed by atoms with van der Waals surface area (Å²) in [6.07, 6.45) is 1.46. The molecular weight excluding hydrogens is 270 g/mol. The number of halogens is 2. The Hall–Kier alpha value is -1.95. The zero-order valence-electron chi connectivity index (χ0n) is 11.6. The molecule has 3 nitrogen and oxygen atoms in total. The van der Waals surface area contributed by atoms with Crippen molar-refractivity contribution in [2.45, 2.75) is 4.90 Å². The van der Waals surface area contributed by atoms with Crippen LogP contribution in [0.1, 0.15) is 13.2 Å². The van der Waals surface area contributed by atoms with Gasteiger partial charge in [0.2, 0.25) is 0 Å². The zero-order valence-corrected chi connectivity index (χ0v) is 10.4. The van der Waals surface area contributed by atoms with Crippen molar-refractivity contribution in [2.75, 3.05) is 11.3 Å². The Labute approximate surface area is 115 Å². The number of nitrogens with one attached hydrogen (secondary N) is 1. The number of pyridine rings is 1. The van der Waals surface area contributed by atoms with Crippen molar-refractivity contribution in [3.8, 4) is 0 Å². The average molecular weight is 282 g/mol. The van der Waals surface area contributed by atoms with E-state index in [-0.39, 0.29) is 28.0 Å². The quantitative estimate of drug-likeness (QED) is 0.873. The minimum Gasteiger partial charge on any atom is -0.321 e. The van der Waals surface area contributed by atoms with Gasteiger partial charge >= 0.3 is 0 Å². The number of anilines is 1. The van der Waals surface area contributed by atoms with E-state index in [1.54, 1.807) is 12.1 Å². The van der Waals surface area contributed by atoms with Crippen molar-refractivity contribution >= 4 is 23.4 Å². The van der Waals surface area contributed by atoms with Gasteiger partial charge in [0.05, 0.1) is 2.74 Å². The lowest BCUT2D eigenvalue weighted by atomic mass is 10.3. The summed E-state index contributed by atoms with van der Waals surface area (Å²) in [4.78, 5) is 15.5. The summed E-state index contributed by atoms with van der Waals surface area (Å²) >= 11 is 0.0892. The second kappa shape index (κ2) is 6.29. The molecule has 0 aliphatic rings. The second-order valence-electron chi connectivity index (χ2n) is 3.49. The Balaban J connectivity index is 2.18. The Morgan fingerprint density at radius 3 is 2.95 bits per heavy atom.